The first-order chi connectivity index (χ1) is 12.9. The highest BCUT2D eigenvalue weighted by Gasteiger charge is 2.18. The summed E-state index contributed by atoms with van der Waals surface area (Å²) < 4.78 is 31.1. The number of nitrogens with zero attached hydrogens (tertiary/aromatic N) is 1. The number of hydrogen-bond donors (Lipinski definition) is 2. The van der Waals surface area contributed by atoms with Gasteiger partial charge in [0.2, 0.25) is 10.0 Å². The van der Waals surface area contributed by atoms with Crippen molar-refractivity contribution in [2.45, 2.75) is 13.0 Å². The summed E-state index contributed by atoms with van der Waals surface area (Å²) in [5, 5.41) is 11.3. The fourth-order valence-electron chi connectivity index (χ4n) is 2.36. The van der Waals surface area contributed by atoms with Gasteiger partial charge >= 0.3 is 0 Å². The Morgan fingerprint density at radius 3 is 2.37 bits per heavy atom. The molecule has 2 aromatic rings. The van der Waals surface area contributed by atoms with E-state index in [1.165, 1.54) is 4.31 Å². The smallest absolute Gasteiger partial charge is 0.257 e. The van der Waals surface area contributed by atoms with Crippen LogP contribution in [0.1, 0.15) is 12.0 Å². The van der Waals surface area contributed by atoms with Crippen LogP contribution in [0.15, 0.2) is 54.6 Å². The van der Waals surface area contributed by atoms with Gasteiger partial charge in [0, 0.05) is 13.2 Å². The zero-order chi connectivity index (χ0) is 19.7. The average Bonchev–Trinajstić information content (AvgIpc) is 2.65. The molecule has 2 aromatic carbocycles. The summed E-state index contributed by atoms with van der Waals surface area (Å²) in [4.78, 5) is 11.6. The van der Waals surface area contributed by atoms with Crippen molar-refractivity contribution in [1.82, 2.24) is 5.32 Å². The summed E-state index contributed by atoms with van der Waals surface area (Å²) in [6, 6.07) is 15.9. The second kappa shape index (κ2) is 9.94. The molecule has 7 nitrogen and oxygen atoms in total. The molecule has 0 fully saturated rings. The van der Waals surface area contributed by atoms with E-state index in [4.69, 9.17) is 9.84 Å². The molecule has 0 bridgehead atoms. The Bertz CT molecular complexity index is 823. The lowest BCUT2D eigenvalue weighted by atomic mass is 10.2. The van der Waals surface area contributed by atoms with Gasteiger partial charge in [-0.25, -0.2) is 8.42 Å². The second-order valence-corrected chi connectivity index (χ2v) is 7.87. The third kappa shape index (κ3) is 6.92. The van der Waals surface area contributed by atoms with Crippen molar-refractivity contribution in [2.24, 2.45) is 0 Å². The van der Waals surface area contributed by atoms with E-state index >= 15 is 0 Å². The van der Waals surface area contributed by atoms with E-state index in [-0.39, 0.29) is 25.7 Å². The summed E-state index contributed by atoms with van der Waals surface area (Å²) in [7, 11) is -3.46. The predicted molar refractivity (Wildman–Crippen MR) is 104 cm³/mol. The van der Waals surface area contributed by atoms with Gasteiger partial charge in [-0.3, -0.25) is 9.10 Å². The molecule has 0 saturated carbocycles. The molecule has 0 radical (unpaired) electrons. The van der Waals surface area contributed by atoms with Crippen LogP contribution in [0, 0.1) is 0 Å². The Hall–Kier alpha value is -2.58. The number of carbonyl (C=O) groups is 1. The molecule has 2 rings (SSSR count). The topological polar surface area (TPSA) is 95.9 Å². The van der Waals surface area contributed by atoms with E-state index in [9.17, 15) is 13.2 Å². The SMILES string of the molecule is CS(=O)(=O)N(Cc1ccccc1)c1ccc(OCC(=O)NCCCO)cc1. The van der Waals surface area contributed by atoms with E-state index in [2.05, 4.69) is 5.32 Å². The van der Waals surface area contributed by atoms with Gasteiger partial charge < -0.3 is 15.2 Å². The minimum absolute atomic E-state index is 0.0163. The number of anilines is 1. The molecule has 146 valence electrons. The molecule has 0 aliphatic heterocycles. The van der Waals surface area contributed by atoms with Gasteiger partial charge in [-0.15, -0.1) is 0 Å². The van der Waals surface area contributed by atoms with Crippen LogP contribution in [-0.4, -0.2) is 45.4 Å². The Kier molecular flexibility index (Phi) is 7.63. The number of benzene rings is 2. The first-order valence-corrected chi connectivity index (χ1v) is 10.4. The number of hydrogen-bond acceptors (Lipinski definition) is 5. The van der Waals surface area contributed by atoms with Crippen LogP contribution in [0.4, 0.5) is 5.69 Å². The molecule has 0 aromatic heterocycles. The number of aliphatic hydroxyl groups excluding tert-OH is 1. The van der Waals surface area contributed by atoms with Gasteiger partial charge in [-0.05, 0) is 36.2 Å². The minimum Gasteiger partial charge on any atom is -0.484 e. The molecule has 8 heteroatoms. The monoisotopic (exact) mass is 392 g/mol. The standard InChI is InChI=1S/C19H24N2O5S/c1-27(24,25)21(14-16-6-3-2-4-7-16)17-8-10-18(11-9-17)26-15-19(23)20-12-5-13-22/h2-4,6-11,22H,5,12-15H2,1H3,(H,20,23). The van der Waals surface area contributed by atoms with Crippen LogP contribution in [0.25, 0.3) is 0 Å². The van der Waals surface area contributed by atoms with Crippen LogP contribution in [-0.2, 0) is 21.4 Å². The van der Waals surface area contributed by atoms with E-state index in [1.807, 2.05) is 30.3 Å². The minimum atomic E-state index is -3.46. The van der Waals surface area contributed by atoms with Crippen LogP contribution in [0.5, 0.6) is 5.75 Å². The highest BCUT2D eigenvalue weighted by Crippen LogP contribution is 2.23. The molecule has 0 aliphatic rings. The van der Waals surface area contributed by atoms with Gasteiger partial charge in [0.15, 0.2) is 6.61 Å². The van der Waals surface area contributed by atoms with E-state index in [0.717, 1.165) is 11.8 Å². The largest absolute Gasteiger partial charge is 0.484 e. The maximum atomic E-state index is 12.2. The molecule has 0 heterocycles. The number of ether oxygens (including phenoxy) is 1. The summed E-state index contributed by atoms with van der Waals surface area (Å²) in [6.07, 6.45) is 1.65. The molecule has 0 unspecified atom stereocenters. The normalized spacial score (nSPS) is 11.0. The van der Waals surface area contributed by atoms with Gasteiger partial charge in [-0.2, -0.15) is 0 Å². The zero-order valence-corrected chi connectivity index (χ0v) is 16.0. The van der Waals surface area contributed by atoms with E-state index < -0.39 is 10.0 Å². The number of rotatable bonds is 10. The van der Waals surface area contributed by atoms with Crippen LogP contribution in [0.3, 0.4) is 0 Å². The number of nitrogens with one attached hydrogen (secondary N) is 1. The van der Waals surface area contributed by atoms with Crippen LogP contribution >= 0.6 is 0 Å². The Balaban J connectivity index is 2.01. The number of aliphatic hydroxyl groups is 1. The summed E-state index contributed by atoms with van der Waals surface area (Å²) in [5.41, 5.74) is 1.39. The zero-order valence-electron chi connectivity index (χ0n) is 15.2. The molecular weight excluding hydrogens is 368 g/mol. The van der Waals surface area contributed by atoms with Crippen molar-refractivity contribution in [2.75, 3.05) is 30.3 Å². The fraction of sp³-hybridized carbons (Fsp3) is 0.316. The second-order valence-electron chi connectivity index (χ2n) is 5.96. The third-order valence-electron chi connectivity index (χ3n) is 3.72. The molecule has 0 atom stereocenters. The first-order valence-electron chi connectivity index (χ1n) is 8.52. The lowest BCUT2D eigenvalue weighted by Crippen LogP contribution is -2.30. The van der Waals surface area contributed by atoms with Crippen molar-refractivity contribution in [1.29, 1.82) is 0 Å². The van der Waals surface area contributed by atoms with E-state index in [0.29, 0.717) is 24.4 Å². The van der Waals surface area contributed by atoms with Crippen molar-refractivity contribution in [3.63, 3.8) is 0 Å². The van der Waals surface area contributed by atoms with Gasteiger partial charge in [0.1, 0.15) is 5.75 Å². The predicted octanol–water partition coefficient (Wildman–Crippen LogP) is 1.53. The lowest BCUT2D eigenvalue weighted by molar-refractivity contribution is -0.123. The highest BCUT2D eigenvalue weighted by atomic mass is 32.2. The Morgan fingerprint density at radius 1 is 1.11 bits per heavy atom. The average molecular weight is 392 g/mol. The summed E-state index contributed by atoms with van der Waals surface area (Å²) >= 11 is 0. The van der Waals surface area contributed by atoms with Gasteiger partial charge in [0.05, 0.1) is 18.5 Å². The molecule has 2 N–H and O–H groups in total. The van der Waals surface area contributed by atoms with Crippen molar-refractivity contribution >= 4 is 21.6 Å². The summed E-state index contributed by atoms with van der Waals surface area (Å²) in [6.45, 7) is 0.487. The first kappa shape index (κ1) is 20.7. The molecule has 27 heavy (non-hydrogen) atoms. The molecule has 1 amide bonds. The van der Waals surface area contributed by atoms with Crippen molar-refractivity contribution < 1.29 is 23.1 Å². The van der Waals surface area contributed by atoms with Crippen molar-refractivity contribution in [3.8, 4) is 5.75 Å². The quantitative estimate of drug-likeness (QED) is 0.598. The van der Waals surface area contributed by atoms with Crippen LogP contribution < -0.4 is 14.4 Å². The highest BCUT2D eigenvalue weighted by molar-refractivity contribution is 7.92. The number of carbonyl (C=O) groups excluding carboxylic acids is 1. The number of sulfonamides is 1. The number of amides is 1. The Labute approximate surface area is 159 Å². The lowest BCUT2D eigenvalue weighted by Gasteiger charge is -2.22. The molecule has 0 aliphatic carbocycles. The van der Waals surface area contributed by atoms with Gasteiger partial charge in [0.25, 0.3) is 5.91 Å². The van der Waals surface area contributed by atoms with Crippen molar-refractivity contribution in [3.05, 3.63) is 60.2 Å². The third-order valence-corrected chi connectivity index (χ3v) is 4.86. The molecule has 0 spiro atoms. The molecular formula is C19H24N2O5S. The van der Waals surface area contributed by atoms with Crippen LogP contribution in [0.2, 0.25) is 0 Å². The van der Waals surface area contributed by atoms with E-state index in [1.54, 1.807) is 24.3 Å². The molecule has 0 saturated heterocycles. The Morgan fingerprint density at radius 2 is 1.78 bits per heavy atom. The maximum Gasteiger partial charge on any atom is 0.257 e. The summed E-state index contributed by atoms with van der Waals surface area (Å²) in [5.74, 6) is 0.179. The van der Waals surface area contributed by atoms with Gasteiger partial charge in [-0.1, -0.05) is 30.3 Å². The fourth-order valence-corrected chi connectivity index (χ4v) is 3.25. The maximum absolute atomic E-state index is 12.2.